The van der Waals surface area contributed by atoms with Crippen molar-refractivity contribution < 1.29 is 19.0 Å². The third-order valence-electron chi connectivity index (χ3n) is 2.85. The van der Waals surface area contributed by atoms with Gasteiger partial charge < -0.3 is 9.84 Å². The summed E-state index contributed by atoms with van der Waals surface area (Å²) < 4.78 is 20.0. The molecule has 102 valence electrons. The molecule has 0 aliphatic rings. The smallest absolute Gasteiger partial charge is 0.346 e. The summed E-state index contributed by atoms with van der Waals surface area (Å²) in [6, 6.07) is 4.66. The van der Waals surface area contributed by atoms with Crippen LogP contribution in [0.1, 0.15) is 35.0 Å². The molecule has 5 heteroatoms. The van der Waals surface area contributed by atoms with E-state index >= 15 is 0 Å². The normalized spacial score (nSPS) is 11.1. The lowest BCUT2D eigenvalue weighted by molar-refractivity contribution is 0.0693. The molecule has 0 spiro atoms. The number of carboxylic acid groups (broad SMARTS) is 1. The Kier molecular flexibility index (Phi) is 4.50. The maximum Gasteiger partial charge on any atom is 0.346 e. The highest BCUT2D eigenvalue weighted by Crippen LogP contribution is 2.33. The predicted octanol–water partition coefficient (Wildman–Crippen LogP) is 4.06. The van der Waals surface area contributed by atoms with Crippen molar-refractivity contribution in [1.29, 1.82) is 0 Å². The molecule has 0 aliphatic heterocycles. The summed E-state index contributed by atoms with van der Waals surface area (Å²) in [5, 5.41) is 9.57. The lowest BCUT2D eigenvalue weighted by Gasteiger charge is -2.04. The van der Waals surface area contributed by atoms with Crippen LogP contribution >= 0.6 is 11.3 Å². The summed E-state index contributed by atoms with van der Waals surface area (Å²) >= 11 is 1.09. The highest BCUT2D eigenvalue weighted by Gasteiger charge is 2.20. The molecule has 0 saturated carbocycles. The van der Waals surface area contributed by atoms with Crippen LogP contribution in [0.15, 0.2) is 18.2 Å². The lowest BCUT2D eigenvalue weighted by atomic mass is 10.1. The number of carbonyl (C=O) groups is 1. The number of benzene rings is 1. The Balaban J connectivity index is 2.37. The summed E-state index contributed by atoms with van der Waals surface area (Å²) in [5.41, 5.74) is 0.446. The first-order valence-corrected chi connectivity index (χ1v) is 6.97. The van der Waals surface area contributed by atoms with E-state index in [-0.39, 0.29) is 11.5 Å². The van der Waals surface area contributed by atoms with Crippen LogP contribution in [-0.4, -0.2) is 17.7 Å². The van der Waals surface area contributed by atoms with E-state index in [9.17, 15) is 14.3 Å². The van der Waals surface area contributed by atoms with E-state index in [1.165, 1.54) is 6.07 Å². The molecule has 19 heavy (non-hydrogen) atoms. The standard InChI is InChI=1S/C14H15FO3S/c1-2-3-7-18-8-9-12-10(15)5-4-6-11(12)19-13(9)14(16)17/h4-6H,2-3,7-8H2,1H3,(H,16,17). The molecule has 0 amide bonds. The first-order chi connectivity index (χ1) is 9.15. The van der Waals surface area contributed by atoms with E-state index in [1.54, 1.807) is 12.1 Å². The van der Waals surface area contributed by atoms with Crippen LogP contribution in [0.25, 0.3) is 10.1 Å². The number of halogens is 1. The van der Waals surface area contributed by atoms with Crippen LogP contribution in [-0.2, 0) is 11.3 Å². The predicted molar refractivity (Wildman–Crippen MR) is 73.3 cm³/mol. The van der Waals surface area contributed by atoms with Crippen molar-refractivity contribution >= 4 is 27.4 Å². The highest BCUT2D eigenvalue weighted by atomic mass is 32.1. The molecule has 1 aromatic carbocycles. The number of unbranched alkanes of at least 4 members (excludes halogenated alkanes) is 1. The maximum atomic E-state index is 13.9. The van der Waals surface area contributed by atoms with Gasteiger partial charge in [-0.2, -0.15) is 0 Å². The second kappa shape index (κ2) is 6.12. The molecule has 0 bridgehead atoms. The molecule has 2 rings (SSSR count). The molecule has 1 heterocycles. The van der Waals surface area contributed by atoms with E-state index in [2.05, 4.69) is 0 Å². The third-order valence-corrected chi connectivity index (χ3v) is 4.03. The summed E-state index contributed by atoms with van der Waals surface area (Å²) in [7, 11) is 0. The summed E-state index contributed by atoms with van der Waals surface area (Å²) in [4.78, 5) is 11.4. The Morgan fingerprint density at radius 3 is 2.95 bits per heavy atom. The molecule has 1 aromatic heterocycles. The number of hydrogen-bond donors (Lipinski definition) is 1. The number of carboxylic acids is 1. The van der Waals surface area contributed by atoms with Gasteiger partial charge in [0, 0.05) is 22.3 Å². The van der Waals surface area contributed by atoms with Gasteiger partial charge in [-0.3, -0.25) is 0 Å². The Morgan fingerprint density at radius 1 is 1.47 bits per heavy atom. The van der Waals surface area contributed by atoms with Gasteiger partial charge in [0.2, 0.25) is 0 Å². The van der Waals surface area contributed by atoms with Gasteiger partial charge in [0.1, 0.15) is 10.7 Å². The third kappa shape index (κ3) is 2.93. The number of rotatable bonds is 6. The number of thiophene rings is 1. The quantitative estimate of drug-likeness (QED) is 0.813. The molecule has 1 N–H and O–H groups in total. The molecule has 2 aromatic rings. The van der Waals surface area contributed by atoms with Crippen molar-refractivity contribution in [1.82, 2.24) is 0 Å². The first-order valence-electron chi connectivity index (χ1n) is 6.16. The van der Waals surface area contributed by atoms with Gasteiger partial charge in [0.15, 0.2) is 0 Å². The van der Waals surface area contributed by atoms with Crippen molar-refractivity contribution in [3.05, 3.63) is 34.5 Å². The zero-order valence-electron chi connectivity index (χ0n) is 10.6. The van der Waals surface area contributed by atoms with Crippen molar-refractivity contribution in [3.8, 4) is 0 Å². The zero-order chi connectivity index (χ0) is 13.8. The Bertz CT molecular complexity index is 592. The Hall–Kier alpha value is -1.46. The molecule has 0 radical (unpaired) electrons. The largest absolute Gasteiger partial charge is 0.477 e. The van der Waals surface area contributed by atoms with Gasteiger partial charge in [-0.1, -0.05) is 19.4 Å². The van der Waals surface area contributed by atoms with Gasteiger partial charge in [-0.25, -0.2) is 9.18 Å². The molecule has 0 unspecified atom stereocenters. The minimum absolute atomic E-state index is 0.141. The van der Waals surface area contributed by atoms with Crippen LogP contribution in [0.4, 0.5) is 4.39 Å². The Labute approximate surface area is 114 Å². The summed E-state index contributed by atoms with van der Waals surface area (Å²) in [5.74, 6) is -1.43. The lowest BCUT2D eigenvalue weighted by Crippen LogP contribution is -2.02. The monoisotopic (exact) mass is 282 g/mol. The minimum Gasteiger partial charge on any atom is -0.477 e. The number of ether oxygens (including phenoxy) is 1. The average molecular weight is 282 g/mol. The van der Waals surface area contributed by atoms with E-state index in [0.29, 0.717) is 22.3 Å². The van der Waals surface area contributed by atoms with Crippen molar-refractivity contribution in [2.75, 3.05) is 6.61 Å². The average Bonchev–Trinajstić information content (AvgIpc) is 2.75. The number of fused-ring (bicyclic) bond motifs is 1. The van der Waals surface area contributed by atoms with Crippen molar-refractivity contribution in [2.24, 2.45) is 0 Å². The van der Waals surface area contributed by atoms with E-state index in [0.717, 1.165) is 24.2 Å². The van der Waals surface area contributed by atoms with Crippen LogP contribution in [0.2, 0.25) is 0 Å². The number of hydrogen-bond acceptors (Lipinski definition) is 3. The van der Waals surface area contributed by atoms with Gasteiger partial charge in [0.05, 0.1) is 6.61 Å². The zero-order valence-corrected chi connectivity index (χ0v) is 11.4. The van der Waals surface area contributed by atoms with E-state index < -0.39 is 11.8 Å². The second-order valence-corrected chi connectivity index (χ2v) is 5.29. The van der Waals surface area contributed by atoms with Crippen LogP contribution in [0.3, 0.4) is 0 Å². The van der Waals surface area contributed by atoms with Gasteiger partial charge in [-0.05, 0) is 18.6 Å². The van der Waals surface area contributed by atoms with Crippen LogP contribution in [0.5, 0.6) is 0 Å². The van der Waals surface area contributed by atoms with Crippen molar-refractivity contribution in [3.63, 3.8) is 0 Å². The first kappa shape index (κ1) is 14.0. The van der Waals surface area contributed by atoms with Gasteiger partial charge in [0.25, 0.3) is 0 Å². The molecular formula is C14H15FO3S. The number of aromatic carboxylic acids is 1. The van der Waals surface area contributed by atoms with E-state index in [1.807, 2.05) is 6.92 Å². The molecule has 0 fully saturated rings. The van der Waals surface area contributed by atoms with Gasteiger partial charge >= 0.3 is 5.97 Å². The molecule has 0 atom stereocenters. The van der Waals surface area contributed by atoms with Crippen LogP contribution in [0, 0.1) is 5.82 Å². The second-order valence-electron chi connectivity index (χ2n) is 4.23. The Morgan fingerprint density at radius 2 is 2.26 bits per heavy atom. The minimum atomic E-state index is -1.03. The fourth-order valence-electron chi connectivity index (χ4n) is 1.90. The summed E-state index contributed by atoms with van der Waals surface area (Å²) in [6.45, 7) is 2.75. The topological polar surface area (TPSA) is 46.5 Å². The molecule has 3 nitrogen and oxygen atoms in total. The SMILES string of the molecule is CCCCOCc1c(C(=O)O)sc2cccc(F)c12. The molecule has 0 aliphatic carbocycles. The van der Waals surface area contributed by atoms with Crippen LogP contribution < -0.4 is 0 Å². The van der Waals surface area contributed by atoms with Gasteiger partial charge in [-0.15, -0.1) is 11.3 Å². The molecule has 0 saturated heterocycles. The summed E-state index contributed by atoms with van der Waals surface area (Å²) in [6.07, 6.45) is 1.91. The fraction of sp³-hybridized carbons (Fsp3) is 0.357. The fourth-order valence-corrected chi connectivity index (χ4v) is 2.96. The van der Waals surface area contributed by atoms with Crippen molar-refractivity contribution in [2.45, 2.75) is 26.4 Å². The maximum absolute atomic E-state index is 13.9. The highest BCUT2D eigenvalue weighted by molar-refractivity contribution is 7.21. The van der Waals surface area contributed by atoms with E-state index in [4.69, 9.17) is 4.74 Å². The molecular weight excluding hydrogens is 267 g/mol.